The first-order valence-corrected chi connectivity index (χ1v) is 23.7. The summed E-state index contributed by atoms with van der Waals surface area (Å²) in [5, 5.41) is 22.7. The molecule has 4 aliphatic rings. The van der Waals surface area contributed by atoms with Gasteiger partial charge in [-0.15, -0.1) is 0 Å². The summed E-state index contributed by atoms with van der Waals surface area (Å²) >= 11 is 0. The van der Waals surface area contributed by atoms with Crippen molar-refractivity contribution in [2.75, 3.05) is 99.9 Å². The van der Waals surface area contributed by atoms with Crippen LogP contribution in [0.25, 0.3) is 10.9 Å². The van der Waals surface area contributed by atoms with Gasteiger partial charge in [-0.3, -0.25) is 49.0 Å². The van der Waals surface area contributed by atoms with Crippen LogP contribution < -0.4 is 31.5 Å². The van der Waals surface area contributed by atoms with E-state index in [2.05, 4.69) is 46.6 Å². The van der Waals surface area contributed by atoms with Gasteiger partial charge in [-0.25, -0.2) is 8.78 Å². The van der Waals surface area contributed by atoms with Crippen molar-refractivity contribution >= 4 is 69.2 Å². The molecule has 4 aliphatic heterocycles. The van der Waals surface area contributed by atoms with E-state index in [1.807, 2.05) is 30.3 Å². The molecule has 1 atom stereocenters. The second-order valence-electron chi connectivity index (χ2n) is 17.8. The van der Waals surface area contributed by atoms with Crippen LogP contribution in [-0.2, 0) is 35.0 Å². The Bertz CT molecular complexity index is 2810. The molecule has 4 aromatic carbocycles. The zero-order valence-electron chi connectivity index (χ0n) is 38.8. The van der Waals surface area contributed by atoms with Gasteiger partial charge in [-0.2, -0.15) is 5.10 Å². The minimum absolute atomic E-state index is 0.0250. The van der Waals surface area contributed by atoms with Crippen LogP contribution in [0.5, 0.6) is 0 Å². The first-order valence-electron chi connectivity index (χ1n) is 23.7. The number of carbonyl (C=O) groups is 6. The molecule has 0 radical (unpaired) electrons. The molecule has 0 spiro atoms. The molecule has 1 aromatic heterocycles. The maximum absolute atomic E-state index is 14.0. The predicted octanol–water partition coefficient (Wildman–Crippen LogP) is 4.02. The number of ether oxygens (including phenoxy) is 3. The van der Waals surface area contributed by atoms with E-state index in [0.29, 0.717) is 91.8 Å². The van der Waals surface area contributed by atoms with E-state index in [1.165, 1.54) is 18.2 Å². The van der Waals surface area contributed by atoms with Gasteiger partial charge in [-0.1, -0.05) is 6.07 Å². The zero-order chi connectivity index (χ0) is 49.4. The second-order valence-corrected chi connectivity index (χ2v) is 17.8. The highest BCUT2D eigenvalue weighted by molar-refractivity contribution is 6.23. The number of H-pyrrole nitrogens is 1. The summed E-state index contributed by atoms with van der Waals surface area (Å²) < 4.78 is 44.6. The topological polar surface area (TPSA) is 229 Å². The molecular weight excluding hydrogens is 923 g/mol. The summed E-state index contributed by atoms with van der Waals surface area (Å²) in [7, 11) is 0. The molecule has 3 saturated heterocycles. The van der Waals surface area contributed by atoms with Crippen LogP contribution in [-0.4, -0.2) is 147 Å². The summed E-state index contributed by atoms with van der Waals surface area (Å²) in [6, 6.07) is 18.5. The first kappa shape index (κ1) is 48.7. The standard InChI is InChI=1S/C50H54F2N10O9/c51-32-22-31(23-33(52)25-32)21-30-1-6-41-40(24-30)46(59-58-41)57-47(65)38-5-3-36(27-42(38)55-34-9-16-69-17-10-34)61-14-12-60(13-15-61)28-45(64)54-29-71-20-19-70-18-11-53-35-2-4-37-39(26-35)50(68)62(49(37)67)43-7-8-44(63)56-48(43)66/h1-6,22-27,34,43,53,55H,7-21,28-29H2,(H,54,64)(H,56,63,66)(H2,57,58,59,65). The maximum atomic E-state index is 14.0. The predicted molar refractivity (Wildman–Crippen MR) is 257 cm³/mol. The highest BCUT2D eigenvalue weighted by Gasteiger charge is 2.44. The lowest BCUT2D eigenvalue weighted by molar-refractivity contribution is -0.136. The minimum atomic E-state index is -1.03. The maximum Gasteiger partial charge on any atom is 0.262 e. The molecule has 5 heterocycles. The summed E-state index contributed by atoms with van der Waals surface area (Å²) in [5.74, 6) is -3.71. The Morgan fingerprint density at radius 1 is 0.803 bits per heavy atom. The lowest BCUT2D eigenvalue weighted by Gasteiger charge is -2.36. The number of piperazine rings is 1. The highest BCUT2D eigenvalue weighted by Crippen LogP contribution is 2.31. The van der Waals surface area contributed by atoms with Crippen molar-refractivity contribution in [2.45, 2.75) is 44.2 Å². The van der Waals surface area contributed by atoms with E-state index in [4.69, 9.17) is 14.2 Å². The van der Waals surface area contributed by atoms with E-state index in [1.54, 1.807) is 18.2 Å². The Hall–Kier alpha value is -7.33. The molecular formula is C50H54F2N10O9. The van der Waals surface area contributed by atoms with Crippen molar-refractivity contribution in [3.8, 4) is 0 Å². The number of benzene rings is 4. The minimum Gasteiger partial charge on any atom is -0.383 e. The van der Waals surface area contributed by atoms with E-state index >= 15 is 0 Å². The van der Waals surface area contributed by atoms with Crippen LogP contribution in [0.1, 0.15) is 67.9 Å². The van der Waals surface area contributed by atoms with E-state index in [0.717, 1.165) is 35.1 Å². The lowest BCUT2D eigenvalue weighted by atomic mass is 10.0. The largest absolute Gasteiger partial charge is 0.383 e. The number of aromatic nitrogens is 2. The fourth-order valence-electron chi connectivity index (χ4n) is 9.19. The molecule has 0 aliphatic carbocycles. The van der Waals surface area contributed by atoms with E-state index < -0.39 is 41.3 Å². The van der Waals surface area contributed by atoms with Crippen LogP contribution >= 0.6 is 0 Å². The highest BCUT2D eigenvalue weighted by atomic mass is 19.1. The Morgan fingerprint density at radius 2 is 1.58 bits per heavy atom. The lowest BCUT2D eigenvalue weighted by Crippen LogP contribution is -2.54. The number of rotatable bonds is 19. The number of aromatic amines is 1. The van der Waals surface area contributed by atoms with Crippen LogP contribution in [0.3, 0.4) is 0 Å². The average Bonchev–Trinajstić information content (AvgIpc) is 3.86. The van der Waals surface area contributed by atoms with Crippen molar-refractivity contribution in [3.63, 3.8) is 0 Å². The van der Waals surface area contributed by atoms with Crippen molar-refractivity contribution in [1.29, 1.82) is 0 Å². The third kappa shape index (κ3) is 11.8. The van der Waals surface area contributed by atoms with Gasteiger partial charge in [0.1, 0.15) is 24.4 Å². The number of nitrogens with one attached hydrogen (secondary N) is 6. The van der Waals surface area contributed by atoms with Gasteiger partial charge in [-0.05, 0) is 97.5 Å². The number of piperidine rings is 1. The van der Waals surface area contributed by atoms with Gasteiger partial charge in [0.25, 0.3) is 17.7 Å². The molecule has 9 rings (SSSR count). The Balaban J connectivity index is 0.697. The first-order chi connectivity index (χ1) is 34.4. The third-order valence-corrected chi connectivity index (χ3v) is 12.9. The quantitative estimate of drug-likeness (QED) is 0.0391. The van der Waals surface area contributed by atoms with E-state index in [-0.39, 0.29) is 74.7 Å². The van der Waals surface area contributed by atoms with Crippen LogP contribution in [0.4, 0.5) is 31.7 Å². The number of hydrogen-bond acceptors (Lipinski definition) is 14. The molecule has 71 heavy (non-hydrogen) atoms. The van der Waals surface area contributed by atoms with Gasteiger partial charge < -0.3 is 40.4 Å². The smallest absolute Gasteiger partial charge is 0.262 e. The number of imide groups is 2. The molecule has 6 amide bonds. The van der Waals surface area contributed by atoms with Crippen molar-refractivity contribution in [3.05, 3.63) is 112 Å². The SMILES string of the molecule is O=C(CN1CCN(c2ccc(C(=O)Nc3n[nH]c4ccc(Cc5cc(F)cc(F)c5)cc34)c(NC3CCOCC3)c2)CC1)NCOCCOCCNc1ccc2c(c1)C(=O)N(C1CCC(=O)NC1=O)C2=O. The Morgan fingerprint density at radius 3 is 2.37 bits per heavy atom. The van der Waals surface area contributed by atoms with Gasteiger partial charge in [0.05, 0.1) is 48.6 Å². The van der Waals surface area contributed by atoms with Crippen molar-refractivity contribution in [1.82, 2.24) is 30.6 Å². The van der Waals surface area contributed by atoms with Gasteiger partial charge in [0.2, 0.25) is 17.7 Å². The normalized spacial score (nSPS) is 17.6. The second kappa shape index (κ2) is 22.2. The summed E-state index contributed by atoms with van der Waals surface area (Å²) in [6.07, 6.45) is 2.00. The number of nitrogens with zero attached hydrogens (tertiary/aromatic N) is 4. The molecule has 21 heteroatoms. The molecule has 6 N–H and O–H groups in total. The molecule has 0 saturated carbocycles. The number of halogens is 2. The van der Waals surface area contributed by atoms with Crippen LogP contribution in [0.2, 0.25) is 0 Å². The Labute approximate surface area is 406 Å². The third-order valence-electron chi connectivity index (χ3n) is 12.9. The number of hydrogen-bond donors (Lipinski definition) is 6. The summed E-state index contributed by atoms with van der Waals surface area (Å²) in [5.41, 5.74) is 5.02. The van der Waals surface area contributed by atoms with Crippen molar-refractivity contribution in [2.24, 2.45) is 0 Å². The molecule has 372 valence electrons. The fourth-order valence-corrected chi connectivity index (χ4v) is 9.19. The van der Waals surface area contributed by atoms with Crippen molar-refractivity contribution < 1.29 is 51.8 Å². The number of fused-ring (bicyclic) bond motifs is 2. The number of amides is 6. The molecule has 0 bridgehead atoms. The van der Waals surface area contributed by atoms with E-state index in [9.17, 15) is 37.5 Å². The average molecular weight is 977 g/mol. The zero-order valence-corrected chi connectivity index (χ0v) is 38.8. The van der Waals surface area contributed by atoms with Gasteiger partial charge >= 0.3 is 0 Å². The fraction of sp³-hybridized carbons (Fsp3) is 0.380. The van der Waals surface area contributed by atoms with Gasteiger partial charge in [0.15, 0.2) is 5.82 Å². The van der Waals surface area contributed by atoms with Crippen LogP contribution in [0.15, 0.2) is 72.8 Å². The summed E-state index contributed by atoms with van der Waals surface area (Å²) in [6.45, 7) is 5.33. The molecule has 1 unspecified atom stereocenters. The monoisotopic (exact) mass is 976 g/mol. The molecule has 19 nitrogen and oxygen atoms in total. The van der Waals surface area contributed by atoms with Crippen LogP contribution in [0, 0.1) is 11.6 Å². The molecule has 3 fully saturated rings. The number of carbonyl (C=O) groups excluding carboxylic acids is 6. The Kier molecular flexibility index (Phi) is 15.2. The number of anilines is 4. The summed E-state index contributed by atoms with van der Waals surface area (Å²) in [4.78, 5) is 81.9. The molecule has 5 aromatic rings. The van der Waals surface area contributed by atoms with Gasteiger partial charge in [0, 0.05) is 86.9 Å².